The first-order chi connectivity index (χ1) is 10.9. The summed E-state index contributed by atoms with van der Waals surface area (Å²) in [7, 11) is 3.32. The lowest BCUT2D eigenvalue weighted by atomic mass is 10.0. The molecule has 0 aromatic heterocycles. The number of methoxy groups -OCH3 is 2. The van der Waals surface area contributed by atoms with Crippen molar-refractivity contribution in [2.24, 2.45) is 0 Å². The van der Waals surface area contributed by atoms with Crippen LogP contribution in [-0.2, 0) is 4.79 Å². The Labute approximate surface area is 143 Å². The molecule has 1 fully saturated rings. The number of thioether (sulfide) groups is 1. The number of amides is 1. The Morgan fingerprint density at radius 1 is 1.30 bits per heavy atom. The van der Waals surface area contributed by atoms with E-state index in [4.69, 9.17) is 9.47 Å². The summed E-state index contributed by atoms with van der Waals surface area (Å²) in [5, 5.41) is 0. The summed E-state index contributed by atoms with van der Waals surface area (Å²) < 4.78 is 10.9. The van der Waals surface area contributed by atoms with Gasteiger partial charge < -0.3 is 14.4 Å². The maximum atomic E-state index is 12.7. The lowest BCUT2D eigenvalue weighted by Gasteiger charge is -2.28. The second-order valence-corrected chi connectivity index (χ2v) is 8.56. The fourth-order valence-corrected chi connectivity index (χ4v) is 3.57. The van der Waals surface area contributed by atoms with Crippen LogP contribution in [-0.4, -0.2) is 42.1 Å². The molecule has 1 unspecified atom stereocenters. The van der Waals surface area contributed by atoms with Crippen molar-refractivity contribution in [1.82, 2.24) is 4.90 Å². The number of carbonyl (C=O) groups excluding carboxylic acids is 1. The van der Waals surface area contributed by atoms with Crippen molar-refractivity contribution in [1.29, 1.82) is 0 Å². The van der Waals surface area contributed by atoms with E-state index in [1.165, 1.54) is 0 Å². The third-order valence-corrected chi connectivity index (χ3v) is 5.25. The fraction of sp³-hybridized carbons (Fsp3) is 0.611. The third-order valence-electron chi connectivity index (χ3n) is 4.00. The molecule has 1 saturated heterocycles. The Hall–Kier alpha value is -1.36. The number of hydrogen-bond acceptors (Lipinski definition) is 4. The quantitative estimate of drug-likeness (QED) is 0.817. The highest BCUT2D eigenvalue weighted by Crippen LogP contribution is 2.39. The van der Waals surface area contributed by atoms with Crippen LogP contribution in [0.5, 0.6) is 11.5 Å². The first-order valence-corrected chi connectivity index (χ1v) is 8.99. The topological polar surface area (TPSA) is 38.8 Å². The normalized spacial score (nSPS) is 18.1. The molecule has 128 valence electrons. The van der Waals surface area contributed by atoms with E-state index in [-0.39, 0.29) is 16.7 Å². The SMILES string of the molecule is COc1ccc(OC)c(C2CCCN2C(=O)CSC(C)(C)C)c1. The Bertz CT molecular complexity index is 554. The van der Waals surface area contributed by atoms with Crippen LogP contribution in [0.1, 0.15) is 45.2 Å². The summed E-state index contributed by atoms with van der Waals surface area (Å²) in [4.78, 5) is 14.7. The van der Waals surface area contributed by atoms with Crippen LogP contribution in [0.25, 0.3) is 0 Å². The van der Waals surface area contributed by atoms with Crippen molar-refractivity contribution in [3.63, 3.8) is 0 Å². The first-order valence-electron chi connectivity index (χ1n) is 8.01. The molecule has 0 spiro atoms. The molecule has 1 heterocycles. The average molecular weight is 337 g/mol. The monoisotopic (exact) mass is 337 g/mol. The molecule has 2 rings (SSSR count). The predicted octanol–water partition coefficient (Wildman–Crippen LogP) is 3.90. The molecule has 5 heteroatoms. The number of ether oxygens (including phenoxy) is 2. The zero-order chi connectivity index (χ0) is 17.0. The van der Waals surface area contributed by atoms with Crippen molar-refractivity contribution < 1.29 is 14.3 Å². The Balaban J connectivity index is 2.19. The average Bonchev–Trinajstić information content (AvgIpc) is 3.00. The molecule has 1 aliphatic rings. The van der Waals surface area contributed by atoms with Gasteiger partial charge in [0.25, 0.3) is 0 Å². The minimum Gasteiger partial charge on any atom is -0.497 e. The van der Waals surface area contributed by atoms with E-state index in [2.05, 4.69) is 20.8 Å². The second kappa shape index (κ2) is 7.47. The third kappa shape index (κ3) is 4.56. The molecule has 23 heavy (non-hydrogen) atoms. The summed E-state index contributed by atoms with van der Waals surface area (Å²) in [6.45, 7) is 7.22. The van der Waals surface area contributed by atoms with Crippen molar-refractivity contribution in [2.45, 2.75) is 44.4 Å². The summed E-state index contributed by atoms with van der Waals surface area (Å²) in [5.41, 5.74) is 1.04. The van der Waals surface area contributed by atoms with Crippen molar-refractivity contribution in [2.75, 3.05) is 26.5 Å². The standard InChI is InChI=1S/C18H27NO3S/c1-18(2,3)23-12-17(20)19-10-6-7-15(19)14-11-13(21-4)8-9-16(14)22-5/h8-9,11,15H,6-7,10,12H2,1-5H3. The van der Waals surface area contributed by atoms with Crippen LogP contribution in [0, 0.1) is 0 Å². The minimum atomic E-state index is 0.0770. The lowest BCUT2D eigenvalue weighted by Crippen LogP contribution is -2.33. The van der Waals surface area contributed by atoms with E-state index in [0.717, 1.165) is 36.4 Å². The molecular formula is C18H27NO3S. The van der Waals surface area contributed by atoms with Gasteiger partial charge in [0.05, 0.1) is 26.0 Å². The molecule has 0 aliphatic carbocycles. The van der Waals surface area contributed by atoms with Gasteiger partial charge in [-0.05, 0) is 31.0 Å². The van der Waals surface area contributed by atoms with Gasteiger partial charge in [0.15, 0.2) is 0 Å². The number of likely N-dealkylation sites (tertiary alicyclic amines) is 1. The fourth-order valence-electron chi connectivity index (χ4n) is 2.85. The van der Waals surface area contributed by atoms with E-state index in [9.17, 15) is 4.79 Å². The van der Waals surface area contributed by atoms with Gasteiger partial charge in [0, 0.05) is 16.9 Å². The molecule has 1 aromatic carbocycles. The van der Waals surface area contributed by atoms with Crippen molar-refractivity contribution in [3.05, 3.63) is 23.8 Å². The zero-order valence-electron chi connectivity index (χ0n) is 14.7. The van der Waals surface area contributed by atoms with Crippen molar-refractivity contribution in [3.8, 4) is 11.5 Å². The first kappa shape index (κ1) is 18.0. The summed E-state index contributed by atoms with van der Waals surface area (Å²) in [6.07, 6.45) is 1.99. The molecule has 1 aromatic rings. The maximum Gasteiger partial charge on any atom is 0.233 e. The highest BCUT2D eigenvalue weighted by Gasteiger charge is 2.32. The Morgan fingerprint density at radius 3 is 2.65 bits per heavy atom. The highest BCUT2D eigenvalue weighted by molar-refractivity contribution is 8.01. The molecular weight excluding hydrogens is 310 g/mol. The Kier molecular flexibility index (Phi) is 5.84. The van der Waals surface area contributed by atoms with Gasteiger partial charge in [0.1, 0.15) is 11.5 Å². The van der Waals surface area contributed by atoms with Gasteiger partial charge in [-0.2, -0.15) is 0 Å². The smallest absolute Gasteiger partial charge is 0.233 e. The molecule has 0 N–H and O–H groups in total. The number of rotatable bonds is 5. The van der Waals surface area contributed by atoms with Crippen LogP contribution in [0.3, 0.4) is 0 Å². The molecule has 0 bridgehead atoms. The van der Waals surface area contributed by atoms with Gasteiger partial charge in [-0.3, -0.25) is 4.79 Å². The van der Waals surface area contributed by atoms with Crippen LogP contribution in [0.4, 0.5) is 0 Å². The molecule has 0 saturated carbocycles. The number of nitrogens with zero attached hydrogens (tertiary/aromatic N) is 1. The molecule has 1 aliphatic heterocycles. The van der Waals surface area contributed by atoms with Gasteiger partial charge in [0.2, 0.25) is 5.91 Å². The summed E-state index contributed by atoms with van der Waals surface area (Å²) >= 11 is 1.70. The van der Waals surface area contributed by atoms with E-state index in [1.54, 1.807) is 26.0 Å². The van der Waals surface area contributed by atoms with E-state index >= 15 is 0 Å². The van der Waals surface area contributed by atoms with Crippen LogP contribution >= 0.6 is 11.8 Å². The summed E-state index contributed by atoms with van der Waals surface area (Å²) in [5.74, 6) is 2.34. The highest BCUT2D eigenvalue weighted by atomic mass is 32.2. The van der Waals surface area contributed by atoms with Gasteiger partial charge in [-0.25, -0.2) is 0 Å². The van der Waals surface area contributed by atoms with Crippen LogP contribution in [0.15, 0.2) is 18.2 Å². The minimum absolute atomic E-state index is 0.0770. The predicted molar refractivity (Wildman–Crippen MR) is 95.4 cm³/mol. The molecule has 1 amide bonds. The lowest BCUT2D eigenvalue weighted by molar-refractivity contribution is -0.129. The largest absolute Gasteiger partial charge is 0.497 e. The zero-order valence-corrected chi connectivity index (χ0v) is 15.5. The van der Waals surface area contributed by atoms with Gasteiger partial charge in [-0.15, -0.1) is 11.8 Å². The van der Waals surface area contributed by atoms with Crippen molar-refractivity contribution >= 4 is 17.7 Å². The second-order valence-electron chi connectivity index (χ2n) is 6.75. The molecule has 1 atom stereocenters. The van der Waals surface area contributed by atoms with Crippen LogP contribution < -0.4 is 9.47 Å². The molecule has 4 nitrogen and oxygen atoms in total. The number of hydrogen-bond donors (Lipinski definition) is 0. The maximum absolute atomic E-state index is 12.7. The van der Waals surface area contributed by atoms with E-state index in [0.29, 0.717) is 5.75 Å². The van der Waals surface area contributed by atoms with Crippen LogP contribution in [0.2, 0.25) is 0 Å². The summed E-state index contributed by atoms with van der Waals surface area (Å²) in [6, 6.07) is 5.87. The molecule has 0 radical (unpaired) electrons. The van der Waals surface area contributed by atoms with E-state index < -0.39 is 0 Å². The Morgan fingerprint density at radius 2 is 2.04 bits per heavy atom. The van der Waals surface area contributed by atoms with Gasteiger partial charge >= 0.3 is 0 Å². The van der Waals surface area contributed by atoms with Gasteiger partial charge in [-0.1, -0.05) is 20.8 Å². The number of benzene rings is 1. The van der Waals surface area contributed by atoms with E-state index in [1.807, 2.05) is 23.1 Å². The number of carbonyl (C=O) groups is 1.